The highest BCUT2D eigenvalue weighted by Crippen LogP contribution is 2.32. The summed E-state index contributed by atoms with van der Waals surface area (Å²) in [6, 6.07) is 0. The Morgan fingerprint density at radius 2 is 2.14 bits per heavy atom. The molecule has 3 nitrogen and oxygen atoms in total. The lowest BCUT2D eigenvalue weighted by Crippen LogP contribution is -2.11. The van der Waals surface area contributed by atoms with Crippen LogP contribution in [0.3, 0.4) is 0 Å². The number of halogens is 3. The highest BCUT2D eigenvalue weighted by molar-refractivity contribution is 5.48. The van der Waals surface area contributed by atoms with Gasteiger partial charge in [-0.3, -0.25) is 0 Å². The summed E-state index contributed by atoms with van der Waals surface area (Å²) in [5.74, 6) is -0.0928. The Bertz CT molecular complexity index is 346. The molecular weight excluding hydrogens is 195 g/mol. The zero-order valence-electron chi connectivity index (χ0n) is 7.39. The fourth-order valence-corrected chi connectivity index (χ4v) is 0.892. The standard InChI is InChI=1S/C8H8F3N3/c1-3-6-13-4-5(8(9,10)11)7(12-2)14-6/h3-4H,1H2,2H3,(H,12,13,14). The highest BCUT2D eigenvalue weighted by atomic mass is 19.4. The SMILES string of the molecule is C=Cc1ncc(C(F)(F)F)c(NC)n1. The van der Waals surface area contributed by atoms with E-state index in [1.165, 1.54) is 13.1 Å². The molecule has 1 aromatic rings. The zero-order valence-corrected chi connectivity index (χ0v) is 7.39. The van der Waals surface area contributed by atoms with Crippen LogP contribution in [-0.2, 0) is 6.18 Å². The molecular formula is C8H8F3N3. The van der Waals surface area contributed by atoms with Crippen molar-refractivity contribution < 1.29 is 13.2 Å². The van der Waals surface area contributed by atoms with E-state index in [9.17, 15) is 13.2 Å². The maximum absolute atomic E-state index is 12.3. The maximum Gasteiger partial charge on any atom is 0.421 e. The minimum atomic E-state index is -4.45. The van der Waals surface area contributed by atoms with Gasteiger partial charge in [0.2, 0.25) is 0 Å². The smallest absolute Gasteiger partial charge is 0.373 e. The van der Waals surface area contributed by atoms with Crippen LogP contribution in [0.4, 0.5) is 19.0 Å². The second kappa shape index (κ2) is 3.65. The van der Waals surface area contributed by atoms with Gasteiger partial charge in [-0.15, -0.1) is 0 Å². The number of alkyl halides is 3. The predicted molar refractivity (Wildman–Crippen MR) is 46.7 cm³/mol. The van der Waals surface area contributed by atoms with Crippen LogP contribution < -0.4 is 5.32 Å². The first-order chi connectivity index (χ1) is 6.49. The third kappa shape index (κ3) is 2.01. The Balaban J connectivity index is 3.25. The minimum absolute atomic E-state index is 0.155. The van der Waals surface area contributed by atoms with Gasteiger partial charge in [0.1, 0.15) is 11.4 Å². The molecule has 0 fully saturated rings. The summed E-state index contributed by atoms with van der Waals surface area (Å²) in [6.45, 7) is 3.36. The van der Waals surface area contributed by atoms with Crippen LogP contribution in [0.2, 0.25) is 0 Å². The van der Waals surface area contributed by atoms with Gasteiger partial charge in [-0.2, -0.15) is 13.2 Å². The number of hydrogen-bond acceptors (Lipinski definition) is 3. The molecule has 1 N–H and O–H groups in total. The van der Waals surface area contributed by atoms with Crippen LogP contribution in [0, 0.1) is 0 Å². The third-order valence-corrected chi connectivity index (χ3v) is 1.53. The minimum Gasteiger partial charge on any atom is -0.373 e. The lowest BCUT2D eigenvalue weighted by Gasteiger charge is -2.10. The summed E-state index contributed by atoms with van der Waals surface area (Å²) in [5.41, 5.74) is -0.884. The van der Waals surface area contributed by atoms with Gasteiger partial charge in [-0.25, -0.2) is 9.97 Å². The molecule has 0 radical (unpaired) electrons. The normalized spacial score (nSPS) is 11.1. The molecule has 14 heavy (non-hydrogen) atoms. The molecule has 0 aliphatic heterocycles. The average molecular weight is 203 g/mol. The Morgan fingerprint density at radius 1 is 1.50 bits per heavy atom. The zero-order chi connectivity index (χ0) is 10.8. The number of rotatable bonds is 2. The van der Waals surface area contributed by atoms with Crippen LogP contribution in [0.25, 0.3) is 6.08 Å². The predicted octanol–water partition coefficient (Wildman–Crippen LogP) is 2.18. The molecule has 0 spiro atoms. The van der Waals surface area contributed by atoms with Crippen molar-refractivity contribution in [3.63, 3.8) is 0 Å². The summed E-state index contributed by atoms with van der Waals surface area (Å²) in [6.07, 6.45) is -2.44. The number of nitrogens with zero attached hydrogens (tertiary/aromatic N) is 2. The fourth-order valence-electron chi connectivity index (χ4n) is 0.892. The molecule has 1 aromatic heterocycles. The monoisotopic (exact) mass is 203 g/mol. The van der Waals surface area contributed by atoms with Crippen LogP contribution in [0.5, 0.6) is 0 Å². The molecule has 0 aliphatic carbocycles. The average Bonchev–Trinajstić information content (AvgIpc) is 2.15. The summed E-state index contributed by atoms with van der Waals surface area (Å²) in [7, 11) is 1.37. The number of hydrogen-bond donors (Lipinski definition) is 1. The van der Waals surface area contributed by atoms with E-state index in [1.807, 2.05) is 0 Å². The summed E-state index contributed by atoms with van der Waals surface area (Å²) < 4.78 is 37.0. The molecule has 0 saturated carbocycles. The van der Waals surface area contributed by atoms with Crippen LogP contribution in [-0.4, -0.2) is 17.0 Å². The van der Waals surface area contributed by atoms with Crippen molar-refractivity contribution in [2.24, 2.45) is 0 Å². The molecule has 0 saturated heterocycles. The fraction of sp³-hybridized carbons (Fsp3) is 0.250. The van der Waals surface area contributed by atoms with Gasteiger partial charge in [-0.1, -0.05) is 6.58 Å². The Labute approximate surface area is 78.7 Å². The van der Waals surface area contributed by atoms with Crippen molar-refractivity contribution in [1.29, 1.82) is 0 Å². The molecule has 0 aromatic carbocycles. The van der Waals surface area contributed by atoms with Gasteiger partial charge in [0.25, 0.3) is 0 Å². The molecule has 1 rings (SSSR count). The van der Waals surface area contributed by atoms with Crippen molar-refractivity contribution in [2.45, 2.75) is 6.18 Å². The molecule has 1 heterocycles. The van der Waals surface area contributed by atoms with Gasteiger partial charge in [0.05, 0.1) is 0 Å². The van der Waals surface area contributed by atoms with E-state index in [2.05, 4.69) is 21.9 Å². The van der Waals surface area contributed by atoms with Crippen LogP contribution >= 0.6 is 0 Å². The van der Waals surface area contributed by atoms with Gasteiger partial charge in [0, 0.05) is 13.2 Å². The number of anilines is 1. The van der Waals surface area contributed by atoms with E-state index < -0.39 is 11.7 Å². The van der Waals surface area contributed by atoms with Gasteiger partial charge >= 0.3 is 6.18 Å². The van der Waals surface area contributed by atoms with E-state index in [4.69, 9.17) is 0 Å². The molecule has 6 heteroatoms. The molecule has 0 aliphatic rings. The Hall–Kier alpha value is -1.59. The Morgan fingerprint density at radius 3 is 2.57 bits per heavy atom. The van der Waals surface area contributed by atoms with Gasteiger partial charge < -0.3 is 5.32 Å². The summed E-state index contributed by atoms with van der Waals surface area (Å²) in [4.78, 5) is 7.10. The first-order valence-electron chi connectivity index (χ1n) is 3.73. The van der Waals surface area contributed by atoms with Crippen molar-refractivity contribution in [3.05, 3.63) is 24.2 Å². The lowest BCUT2D eigenvalue weighted by atomic mass is 10.3. The first-order valence-corrected chi connectivity index (χ1v) is 3.73. The quantitative estimate of drug-likeness (QED) is 0.800. The van der Waals surface area contributed by atoms with Crippen LogP contribution in [0.1, 0.15) is 11.4 Å². The molecule has 0 amide bonds. The second-order valence-electron chi connectivity index (χ2n) is 2.44. The molecule has 0 unspecified atom stereocenters. The Kier molecular flexibility index (Phi) is 2.73. The van der Waals surface area contributed by atoms with Crippen molar-refractivity contribution in [1.82, 2.24) is 9.97 Å². The molecule has 0 atom stereocenters. The molecule has 0 bridgehead atoms. The van der Waals surface area contributed by atoms with E-state index >= 15 is 0 Å². The first kappa shape index (κ1) is 10.5. The van der Waals surface area contributed by atoms with Crippen molar-refractivity contribution >= 4 is 11.9 Å². The van der Waals surface area contributed by atoms with Crippen LogP contribution in [0.15, 0.2) is 12.8 Å². The third-order valence-electron chi connectivity index (χ3n) is 1.53. The molecule has 76 valence electrons. The van der Waals surface area contributed by atoms with Crippen molar-refractivity contribution in [3.8, 4) is 0 Å². The number of aromatic nitrogens is 2. The highest BCUT2D eigenvalue weighted by Gasteiger charge is 2.34. The second-order valence-corrected chi connectivity index (χ2v) is 2.44. The van der Waals surface area contributed by atoms with E-state index in [-0.39, 0.29) is 11.6 Å². The van der Waals surface area contributed by atoms with E-state index in [0.717, 1.165) is 6.20 Å². The van der Waals surface area contributed by atoms with E-state index in [1.54, 1.807) is 0 Å². The maximum atomic E-state index is 12.3. The van der Waals surface area contributed by atoms with Gasteiger partial charge in [0.15, 0.2) is 5.82 Å². The van der Waals surface area contributed by atoms with Gasteiger partial charge in [-0.05, 0) is 6.08 Å². The number of nitrogens with one attached hydrogen (secondary N) is 1. The lowest BCUT2D eigenvalue weighted by molar-refractivity contribution is -0.137. The largest absolute Gasteiger partial charge is 0.421 e. The summed E-state index contributed by atoms with van der Waals surface area (Å²) >= 11 is 0. The van der Waals surface area contributed by atoms with E-state index in [0.29, 0.717) is 0 Å². The topological polar surface area (TPSA) is 37.8 Å². The summed E-state index contributed by atoms with van der Waals surface area (Å²) in [5, 5.41) is 2.36. The van der Waals surface area contributed by atoms with Crippen molar-refractivity contribution in [2.75, 3.05) is 12.4 Å².